The van der Waals surface area contributed by atoms with Crippen LogP contribution in [0, 0.1) is 0 Å². The fourth-order valence-corrected chi connectivity index (χ4v) is 0.460. The van der Waals surface area contributed by atoms with Gasteiger partial charge in [-0.3, -0.25) is 0 Å². The monoisotopic (exact) mass is 186 g/mol. The summed E-state index contributed by atoms with van der Waals surface area (Å²) in [6.07, 6.45) is -5.08. The lowest BCUT2D eigenvalue weighted by molar-refractivity contribution is -0.111. The van der Waals surface area contributed by atoms with Crippen molar-refractivity contribution in [1.82, 2.24) is 0 Å². The van der Waals surface area contributed by atoms with Crippen LogP contribution in [-0.2, 0) is 9.47 Å². The largest absolute Gasteiger partial charge is 0.495 e. The molecule has 12 heavy (non-hydrogen) atoms. The van der Waals surface area contributed by atoms with Crippen LogP contribution < -0.4 is 0 Å². The molecule has 2 nitrogen and oxygen atoms in total. The number of alkyl halides is 3. The van der Waals surface area contributed by atoms with E-state index < -0.39 is 12.0 Å². The summed E-state index contributed by atoms with van der Waals surface area (Å²) >= 11 is 0. The third-order valence-corrected chi connectivity index (χ3v) is 1.14. The molecule has 0 aliphatic carbocycles. The fourth-order valence-electron chi connectivity index (χ4n) is 0.460. The second kappa shape index (κ2) is 3.30. The smallest absolute Gasteiger partial charge is 0.446 e. The molecule has 1 aliphatic rings. The maximum absolute atomic E-state index is 12.0. The molecule has 1 saturated heterocycles. The van der Waals surface area contributed by atoms with Crippen molar-refractivity contribution < 1.29 is 27.0 Å². The Morgan fingerprint density at radius 3 is 2.58 bits per heavy atom. The molecule has 1 aliphatic heterocycles. The van der Waals surface area contributed by atoms with Crippen molar-refractivity contribution in [2.45, 2.75) is 12.3 Å². The molecule has 0 aromatic heterocycles. The molecule has 0 amide bonds. The van der Waals surface area contributed by atoms with Gasteiger partial charge in [0.25, 0.3) is 0 Å². The summed E-state index contributed by atoms with van der Waals surface area (Å²) in [5.74, 6) is -2.23. The van der Waals surface area contributed by atoms with Gasteiger partial charge in [-0.1, -0.05) is 0 Å². The van der Waals surface area contributed by atoms with Crippen molar-refractivity contribution in [3.05, 3.63) is 12.1 Å². The molecule has 6 heteroatoms. The third kappa shape index (κ3) is 3.08. The van der Waals surface area contributed by atoms with Crippen LogP contribution in [0.5, 0.6) is 0 Å². The van der Waals surface area contributed by atoms with Crippen LogP contribution >= 0.6 is 0 Å². The molecule has 0 spiro atoms. The van der Waals surface area contributed by atoms with Crippen LogP contribution in [0.25, 0.3) is 0 Å². The van der Waals surface area contributed by atoms with E-state index in [1.807, 2.05) is 0 Å². The van der Waals surface area contributed by atoms with Gasteiger partial charge in [0.2, 0.25) is 5.83 Å². The summed E-state index contributed by atoms with van der Waals surface area (Å²) in [6.45, 7) is 0.422. The van der Waals surface area contributed by atoms with Crippen molar-refractivity contribution >= 4 is 0 Å². The number of ether oxygens (including phenoxy) is 2. The first-order chi connectivity index (χ1) is 5.50. The van der Waals surface area contributed by atoms with Crippen molar-refractivity contribution in [2.24, 2.45) is 0 Å². The fraction of sp³-hybridized carbons (Fsp3) is 0.667. The molecule has 1 rings (SSSR count). The normalized spacial score (nSPS) is 24.0. The molecule has 1 fully saturated rings. The van der Waals surface area contributed by atoms with E-state index in [1.165, 1.54) is 0 Å². The topological polar surface area (TPSA) is 21.8 Å². The van der Waals surface area contributed by atoms with E-state index in [2.05, 4.69) is 9.47 Å². The SMILES string of the molecule is F/C(=C\OCC1CO1)C(F)(F)F. The van der Waals surface area contributed by atoms with Crippen molar-refractivity contribution in [3.8, 4) is 0 Å². The van der Waals surface area contributed by atoms with Crippen LogP contribution in [0.2, 0.25) is 0 Å². The summed E-state index contributed by atoms with van der Waals surface area (Å²) in [6, 6.07) is 0. The molecular weight excluding hydrogens is 180 g/mol. The van der Waals surface area contributed by atoms with Crippen LogP contribution in [0.4, 0.5) is 17.6 Å². The zero-order chi connectivity index (χ0) is 9.19. The highest BCUT2D eigenvalue weighted by Crippen LogP contribution is 2.26. The van der Waals surface area contributed by atoms with Gasteiger partial charge in [0, 0.05) is 0 Å². The minimum Gasteiger partial charge on any atom is -0.495 e. The van der Waals surface area contributed by atoms with Gasteiger partial charge < -0.3 is 9.47 Å². The standard InChI is InChI=1S/C6H6F4O2/c7-5(6(8,9)10)3-11-1-4-2-12-4/h3-4H,1-2H2/b5-3-. The highest BCUT2D eigenvalue weighted by atomic mass is 19.4. The number of halogens is 4. The Kier molecular flexibility index (Phi) is 2.56. The van der Waals surface area contributed by atoms with E-state index in [-0.39, 0.29) is 19.0 Å². The summed E-state index contributed by atoms with van der Waals surface area (Å²) < 4.78 is 55.1. The molecule has 0 aromatic carbocycles. The number of hydrogen-bond acceptors (Lipinski definition) is 2. The number of rotatable bonds is 3. The first-order valence-corrected chi connectivity index (χ1v) is 3.16. The first-order valence-electron chi connectivity index (χ1n) is 3.16. The molecule has 1 atom stereocenters. The minimum atomic E-state index is -4.95. The number of allylic oxidation sites excluding steroid dienone is 1. The molecule has 1 unspecified atom stereocenters. The van der Waals surface area contributed by atoms with Gasteiger partial charge in [-0.2, -0.15) is 17.6 Å². The summed E-state index contributed by atoms with van der Waals surface area (Å²) in [5, 5.41) is 0. The average molecular weight is 186 g/mol. The predicted octanol–water partition coefficient (Wildman–Crippen LogP) is 1.77. The van der Waals surface area contributed by atoms with Gasteiger partial charge in [-0.15, -0.1) is 0 Å². The minimum absolute atomic E-state index is 0.0382. The van der Waals surface area contributed by atoms with Crippen LogP contribution in [0.15, 0.2) is 12.1 Å². The molecule has 0 radical (unpaired) electrons. The summed E-state index contributed by atoms with van der Waals surface area (Å²) in [5.41, 5.74) is 0. The van der Waals surface area contributed by atoms with Gasteiger partial charge in [-0.25, -0.2) is 0 Å². The summed E-state index contributed by atoms with van der Waals surface area (Å²) in [4.78, 5) is 0. The average Bonchev–Trinajstić information content (AvgIpc) is 2.69. The molecule has 1 heterocycles. The molecule has 70 valence electrons. The lowest BCUT2D eigenvalue weighted by Crippen LogP contribution is -2.09. The van der Waals surface area contributed by atoms with Crippen molar-refractivity contribution in [3.63, 3.8) is 0 Å². The van der Waals surface area contributed by atoms with E-state index in [0.717, 1.165) is 0 Å². The lowest BCUT2D eigenvalue weighted by Gasteiger charge is -2.02. The van der Waals surface area contributed by atoms with Crippen molar-refractivity contribution in [1.29, 1.82) is 0 Å². The number of hydrogen-bond donors (Lipinski definition) is 0. The predicted molar refractivity (Wildman–Crippen MR) is 30.9 cm³/mol. The zero-order valence-electron chi connectivity index (χ0n) is 5.90. The zero-order valence-corrected chi connectivity index (χ0v) is 5.90. The number of epoxide rings is 1. The van der Waals surface area contributed by atoms with E-state index in [4.69, 9.17) is 0 Å². The Balaban J connectivity index is 2.24. The lowest BCUT2D eigenvalue weighted by atomic mass is 10.5. The summed E-state index contributed by atoms with van der Waals surface area (Å²) in [7, 11) is 0. The van der Waals surface area contributed by atoms with Gasteiger partial charge in [0.05, 0.1) is 6.61 Å². The Morgan fingerprint density at radius 1 is 1.58 bits per heavy atom. The van der Waals surface area contributed by atoms with E-state index >= 15 is 0 Å². The maximum atomic E-state index is 12.0. The quantitative estimate of drug-likeness (QED) is 0.380. The Labute approximate surface area is 65.8 Å². The molecule has 0 bridgehead atoms. The van der Waals surface area contributed by atoms with Gasteiger partial charge in [0.1, 0.15) is 19.0 Å². The molecule has 0 N–H and O–H groups in total. The highest BCUT2D eigenvalue weighted by molar-refractivity contribution is 4.94. The Hall–Kier alpha value is -0.780. The van der Waals surface area contributed by atoms with Gasteiger partial charge >= 0.3 is 6.18 Å². The van der Waals surface area contributed by atoms with Crippen molar-refractivity contribution in [2.75, 3.05) is 13.2 Å². The van der Waals surface area contributed by atoms with Crippen LogP contribution in [0.3, 0.4) is 0 Å². The molecule has 0 aromatic rings. The van der Waals surface area contributed by atoms with Crippen LogP contribution in [0.1, 0.15) is 0 Å². The third-order valence-electron chi connectivity index (χ3n) is 1.14. The van der Waals surface area contributed by atoms with Gasteiger partial charge in [-0.05, 0) is 0 Å². The first kappa shape index (κ1) is 9.31. The Morgan fingerprint density at radius 2 is 2.17 bits per heavy atom. The second-order valence-electron chi connectivity index (χ2n) is 2.25. The maximum Gasteiger partial charge on any atom is 0.446 e. The molecule has 0 saturated carbocycles. The van der Waals surface area contributed by atoms with Gasteiger partial charge in [0.15, 0.2) is 0 Å². The van der Waals surface area contributed by atoms with E-state index in [0.29, 0.717) is 6.61 Å². The van der Waals surface area contributed by atoms with E-state index in [9.17, 15) is 17.6 Å². The Bertz CT molecular complexity index is 182. The highest BCUT2D eigenvalue weighted by Gasteiger charge is 2.35. The second-order valence-corrected chi connectivity index (χ2v) is 2.25. The molecular formula is C6H6F4O2. The van der Waals surface area contributed by atoms with Crippen LogP contribution in [-0.4, -0.2) is 25.5 Å². The van der Waals surface area contributed by atoms with E-state index in [1.54, 1.807) is 0 Å².